The molecule has 1 atom stereocenters. The highest BCUT2D eigenvalue weighted by molar-refractivity contribution is 9.10. The molecule has 0 aliphatic carbocycles. The van der Waals surface area contributed by atoms with Crippen molar-refractivity contribution in [2.75, 3.05) is 39.3 Å². The number of aromatic hydroxyl groups is 1. The first-order valence-electron chi connectivity index (χ1n) is 12.5. The summed E-state index contributed by atoms with van der Waals surface area (Å²) in [7, 11) is 0. The van der Waals surface area contributed by atoms with Crippen LogP contribution in [-0.4, -0.2) is 71.4 Å². The third-order valence-electron chi connectivity index (χ3n) is 6.66. The average molecular weight is 598 g/mol. The molecule has 0 bridgehead atoms. The maximum atomic E-state index is 10.9. The van der Waals surface area contributed by atoms with Gasteiger partial charge in [-0.1, -0.05) is 28.1 Å². The number of hydrogen-bond acceptors (Lipinski definition) is 7. The summed E-state index contributed by atoms with van der Waals surface area (Å²) in [5, 5.41) is 19.9. The first kappa shape index (κ1) is 26.5. The highest BCUT2D eigenvalue weighted by Gasteiger charge is 2.23. The van der Waals surface area contributed by atoms with E-state index in [1.807, 2.05) is 59.5 Å². The molecule has 1 unspecified atom stereocenters. The number of aliphatic carboxylic acids is 1. The van der Waals surface area contributed by atoms with E-state index in [9.17, 15) is 9.90 Å². The number of phenolic OH excluding ortho intramolecular Hbond substituents is 1. The predicted molar refractivity (Wildman–Crippen MR) is 154 cm³/mol. The fraction of sp³-hybridized carbons (Fsp3) is 0.276. The van der Waals surface area contributed by atoms with Crippen LogP contribution >= 0.6 is 27.3 Å². The minimum absolute atomic E-state index is 0.0986. The molecule has 1 saturated heterocycles. The van der Waals surface area contributed by atoms with Gasteiger partial charge in [0, 0.05) is 46.8 Å². The van der Waals surface area contributed by atoms with Crippen molar-refractivity contribution >= 4 is 43.3 Å². The van der Waals surface area contributed by atoms with E-state index in [-0.39, 0.29) is 18.3 Å². The second kappa shape index (κ2) is 11.7. The number of carbonyl (C=O) groups is 1. The summed E-state index contributed by atoms with van der Waals surface area (Å²) in [4.78, 5) is 16.2. The Balaban J connectivity index is 1.24. The summed E-state index contributed by atoms with van der Waals surface area (Å²) >= 11 is 5.08. The van der Waals surface area contributed by atoms with Gasteiger partial charge in [-0.25, -0.2) is 0 Å². The van der Waals surface area contributed by atoms with Crippen LogP contribution in [0.4, 0.5) is 0 Å². The van der Waals surface area contributed by atoms with Crippen LogP contribution in [0.1, 0.15) is 6.92 Å². The van der Waals surface area contributed by atoms with Crippen LogP contribution in [-0.2, 0) is 4.79 Å². The number of rotatable bonds is 9. The van der Waals surface area contributed by atoms with E-state index in [0.717, 1.165) is 62.7 Å². The van der Waals surface area contributed by atoms with Gasteiger partial charge >= 0.3 is 5.97 Å². The Bertz CT molecular complexity index is 1400. The third-order valence-corrected chi connectivity index (χ3v) is 8.37. The molecule has 2 heterocycles. The molecule has 4 aromatic rings. The van der Waals surface area contributed by atoms with E-state index in [1.165, 1.54) is 0 Å². The lowest BCUT2D eigenvalue weighted by Crippen LogP contribution is -2.51. The number of carboxylic acid groups (broad SMARTS) is 1. The minimum Gasteiger partial charge on any atom is -0.508 e. The fourth-order valence-corrected chi connectivity index (χ4v) is 5.98. The van der Waals surface area contributed by atoms with E-state index < -0.39 is 5.97 Å². The zero-order chi connectivity index (χ0) is 26.6. The van der Waals surface area contributed by atoms with Crippen molar-refractivity contribution < 1.29 is 24.5 Å². The monoisotopic (exact) mass is 596 g/mol. The van der Waals surface area contributed by atoms with Crippen molar-refractivity contribution in [3.63, 3.8) is 0 Å². The Kier molecular flexibility index (Phi) is 8.18. The van der Waals surface area contributed by atoms with Crippen LogP contribution in [0.2, 0.25) is 0 Å². The van der Waals surface area contributed by atoms with E-state index in [4.69, 9.17) is 14.6 Å². The van der Waals surface area contributed by atoms with Crippen molar-refractivity contribution in [2.45, 2.75) is 13.0 Å². The Morgan fingerprint density at radius 3 is 2.37 bits per heavy atom. The van der Waals surface area contributed by atoms with Crippen molar-refractivity contribution in [3.8, 4) is 33.4 Å². The van der Waals surface area contributed by atoms with Crippen molar-refractivity contribution in [2.24, 2.45) is 0 Å². The van der Waals surface area contributed by atoms with Crippen LogP contribution in [0.3, 0.4) is 0 Å². The number of fused-ring (bicyclic) bond motifs is 1. The molecular weight excluding hydrogens is 568 g/mol. The molecule has 1 aliphatic rings. The minimum atomic E-state index is -0.779. The van der Waals surface area contributed by atoms with Gasteiger partial charge in [-0.3, -0.25) is 14.6 Å². The Morgan fingerprint density at radius 2 is 1.68 bits per heavy atom. The van der Waals surface area contributed by atoms with E-state index in [2.05, 4.69) is 27.8 Å². The molecule has 2 N–H and O–H groups in total. The maximum Gasteiger partial charge on any atom is 0.317 e. The van der Waals surface area contributed by atoms with Crippen LogP contribution in [0, 0.1) is 0 Å². The summed E-state index contributed by atoms with van der Waals surface area (Å²) < 4.78 is 14.4. The Hall–Kier alpha value is -3.11. The predicted octanol–water partition coefficient (Wildman–Crippen LogP) is 6.30. The van der Waals surface area contributed by atoms with Crippen LogP contribution in [0.25, 0.3) is 20.5 Å². The Labute approximate surface area is 234 Å². The summed E-state index contributed by atoms with van der Waals surface area (Å²) in [6.07, 6.45) is 0. The number of benzene rings is 3. The van der Waals surface area contributed by atoms with Gasteiger partial charge in [0.2, 0.25) is 0 Å². The molecule has 7 nitrogen and oxygen atoms in total. The molecule has 0 spiro atoms. The topological polar surface area (TPSA) is 82.5 Å². The highest BCUT2D eigenvalue weighted by atomic mass is 79.9. The SMILES string of the molecule is CC(COc1ccc(Oc2c(-c3ccc(Br)cc3)sc3cc(O)ccc23)cc1)N1CCN(CC(=O)O)CC1. The van der Waals surface area contributed by atoms with Crippen molar-refractivity contribution in [3.05, 3.63) is 71.2 Å². The fourth-order valence-electron chi connectivity index (χ4n) is 4.55. The molecular formula is C29H29BrN2O5S. The summed E-state index contributed by atoms with van der Waals surface area (Å²) in [6.45, 7) is 5.94. The molecule has 1 aromatic heterocycles. The summed E-state index contributed by atoms with van der Waals surface area (Å²) in [6, 6.07) is 21.3. The zero-order valence-corrected chi connectivity index (χ0v) is 23.4. The second-order valence-corrected chi connectivity index (χ2v) is 11.4. The first-order chi connectivity index (χ1) is 18.4. The zero-order valence-electron chi connectivity index (χ0n) is 21.0. The van der Waals surface area contributed by atoms with E-state index in [0.29, 0.717) is 12.4 Å². The van der Waals surface area contributed by atoms with Gasteiger partial charge in [0.15, 0.2) is 5.75 Å². The van der Waals surface area contributed by atoms with Crippen LogP contribution in [0.5, 0.6) is 23.0 Å². The lowest BCUT2D eigenvalue weighted by atomic mass is 10.1. The quantitative estimate of drug-likeness (QED) is 0.235. The van der Waals surface area contributed by atoms with Gasteiger partial charge < -0.3 is 19.7 Å². The smallest absolute Gasteiger partial charge is 0.317 e. The normalized spacial score (nSPS) is 15.4. The molecule has 38 heavy (non-hydrogen) atoms. The highest BCUT2D eigenvalue weighted by Crippen LogP contribution is 2.47. The van der Waals surface area contributed by atoms with Gasteiger partial charge in [-0.15, -0.1) is 11.3 Å². The molecule has 9 heteroatoms. The van der Waals surface area contributed by atoms with Gasteiger partial charge in [0.05, 0.1) is 11.4 Å². The lowest BCUT2D eigenvalue weighted by Gasteiger charge is -2.37. The number of thiophene rings is 1. The molecule has 5 rings (SSSR count). The molecule has 3 aromatic carbocycles. The van der Waals surface area contributed by atoms with Crippen LogP contribution < -0.4 is 9.47 Å². The van der Waals surface area contributed by atoms with Crippen molar-refractivity contribution in [1.82, 2.24) is 9.80 Å². The number of piperazine rings is 1. The molecule has 198 valence electrons. The Morgan fingerprint density at radius 1 is 1.00 bits per heavy atom. The summed E-state index contributed by atoms with van der Waals surface area (Å²) in [5.74, 6) is 1.67. The van der Waals surface area contributed by atoms with E-state index in [1.54, 1.807) is 23.5 Å². The van der Waals surface area contributed by atoms with Gasteiger partial charge in [0.25, 0.3) is 0 Å². The third kappa shape index (κ3) is 6.30. The van der Waals surface area contributed by atoms with Gasteiger partial charge in [0.1, 0.15) is 23.9 Å². The number of ether oxygens (including phenoxy) is 2. The van der Waals surface area contributed by atoms with E-state index >= 15 is 0 Å². The maximum absolute atomic E-state index is 10.9. The van der Waals surface area contributed by atoms with Gasteiger partial charge in [-0.2, -0.15) is 0 Å². The van der Waals surface area contributed by atoms with Gasteiger partial charge in [-0.05, 0) is 67.1 Å². The lowest BCUT2D eigenvalue weighted by molar-refractivity contribution is -0.138. The molecule has 1 aliphatic heterocycles. The largest absolute Gasteiger partial charge is 0.508 e. The number of nitrogens with zero attached hydrogens (tertiary/aromatic N) is 2. The average Bonchev–Trinajstić information content (AvgIpc) is 3.25. The van der Waals surface area contributed by atoms with Crippen molar-refractivity contribution in [1.29, 1.82) is 0 Å². The summed E-state index contributed by atoms with van der Waals surface area (Å²) in [5.41, 5.74) is 1.04. The van der Waals surface area contributed by atoms with Crippen LogP contribution in [0.15, 0.2) is 71.2 Å². The second-order valence-electron chi connectivity index (χ2n) is 9.39. The number of carboxylic acids is 1. The molecule has 1 fully saturated rings. The number of hydrogen-bond donors (Lipinski definition) is 2. The number of phenols is 1. The molecule has 0 amide bonds. The molecule has 0 saturated carbocycles. The number of halogens is 1. The standard InChI is InChI=1S/C29H29BrN2O5S/c1-19(32-14-12-31(13-15-32)17-27(34)35)18-36-23-7-9-24(10-8-23)37-28-25-11-6-22(33)16-26(25)38-29(28)20-2-4-21(30)5-3-20/h2-11,16,19,33H,12-15,17-18H2,1H3,(H,34,35). The molecule has 0 radical (unpaired) electrons. The first-order valence-corrected chi connectivity index (χ1v) is 14.1.